The van der Waals surface area contributed by atoms with Crippen LogP contribution in [-0.4, -0.2) is 45.2 Å². The van der Waals surface area contributed by atoms with Gasteiger partial charge in [0.1, 0.15) is 17.6 Å². The molecule has 7 nitrogen and oxygen atoms in total. The summed E-state index contributed by atoms with van der Waals surface area (Å²) in [5, 5.41) is 2.93. The van der Waals surface area contributed by atoms with Crippen LogP contribution in [0.4, 0.5) is 18.9 Å². The fraction of sp³-hybridized carbons (Fsp3) is 0.320. The minimum Gasteiger partial charge on any atom is -0.405 e. The Kier molecular flexibility index (Phi) is 7.53. The first kappa shape index (κ1) is 25.6. The number of likely N-dealkylation sites (tertiary alicyclic amines) is 1. The predicted molar refractivity (Wildman–Crippen MR) is 128 cm³/mol. The van der Waals surface area contributed by atoms with Crippen molar-refractivity contribution in [2.75, 3.05) is 11.9 Å². The Bertz CT molecular complexity index is 1260. The number of hydrogen-bond acceptors (Lipinski definition) is 4. The molecule has 1 saturated heterocycles. The lowest BCUT2D eigenvalue weighted by Gasteiger charge is -2.34. The van der Waals surface area contributed by atoms with E-state index in [1.54, 1.807) is 41.0 Å². The van der Waals surface area contributed by atoms with Gasteiger partial charge in [0.05, 0.1) is 11.4 Å². The van der Waals surface area contributed by atoms with Gasteiger partial charge in [-0.05, 0) is 37.5 Å². The van der Waals surface area contributed by atoms with Crippen molar-refractivity contribution in [2.24, 2.45) is 7.05 Å². The van der Waals surface area contributed by atoms with Crippen molar-refractivity contribution < 1.29 is 27.5 Å². The molecule has 0 bridgehead atoms. The van der Waals surface area contributed by atoms with Crippen LogP contribution in [-0.2, 0) is 23.1 Å². The van der Waals surface area contributed by atoms with E-state index in [1.165, 1.54) is 30.3 Å². The van der Waals surface area contributed by atoms with Crippen LogP contribution < -0.4 is 10.1 Å². The van der Waals surface area contributed by atoms with E-state index in [-0.39, 0.29) is 34.6 Å². The molecule has 36 heavy (non-hydrogen) atoms. The monoisotopic (exact) mass is 520 g/mol. The van der Waals surface area contributed by atoms with E-state index in [4.69, 9.17) is 11.6 Å². The summed E-state index contributed by atoms with van der Waals surface area (Å²) >= 11 is 6.39. The summed E-state index contributed by atoms with van der Waals surface area (Å²) in [6.07, 6.45) is 0.736. The van der Waals surface area contributed by atoms with Gasteiger partial charge < -0.3 is 19.5 Å². The Balaban J connectivity index is 1.49. The number of nitrogens with zero attached hydrogens (tertiary/aromatic N) is 3. The maximum atomic E-state index is 13.1. The third-order valence-corrected chi connectivity index (χ3v) is 6.31. The number of imidazole rings is 1. The van der Waals surface area contributed by atoms with Crippen molar-refractivity contribution in [3.63, 3.8) is 0 Å². The molecular weight excluding hydrogens is 497 g/mol. The van der Waals surface area contributed by atoms with Crippen LogP contribution in [0.5, 0.6) is 5.75 Å². The number of alkyl halides is 3. The van der Waals surface area contributed by atoms with E-state index in [0.29, 0.717) is 30.0 Å². The van der Waals surface area contributed by atoms with Crippen LogP contribution in [0, 0.1) is 0 Å². The summed E-state index contributed by atoms with van der Waals surface area (Å²) in [5.74, 6) is -0.305. The summed E-state index contributed by atoms with van der Waals surface area (Å²) < 4.78 is 44.3. The van der Waals surface area contributed by atoms with Crippen LogP contribution in [0.15, 0.2) is 54.9 Å². The second kappa shape index (κ2) is 10.6. The molecule has 3 aromatic rings. The normalized spacial score (nSPS) is 16.0. The van der Waals surface area contributed by atoms with E-state index >= 15 is 0 Å². The van der Waals surface area contributed by atoms with Gasteiger partial charge in [0.15, 0.2) is 0 Å². The zero-order chi connectivity index (χ0) is 25.9. The fourth-order valence-corrected chi connectivity index (χ4v) is 4.53. The summed E-state index contributed by atoms with van der Waals surface area (Å²) in [4.78, 5) is 31.8. The number of carbonyl (C=O) groups excluding carboxylic acids is 2. The molecule has 0 spiro atoms. The number of para-hydroxylation sites is 1. The molecule has 2 aromatic carbocycles. The zero-order valence-corrected chi connectivity index (χ0v) is 20.1. The number of anilines is 1. The van der Waals surface area contributed by atoms with Gasteiger partial charge in [0.2, 0.25) is 11.8 Å². The summed E-state index contributed by atoms with van der Waals surface area (Å²) in [6, 6.07) is 9.55. The van der Waals surface area contributed by atoms with E-state index in [2.05, 4.69) is 15.0 Å². The highest BCUT2D eigenvalue weighted by Crippen LogP contribution is 2.38. The van der Waals surface area contributed by atoms with Crippen LogP contribution in [0.3, 0.4) is 0 Å². The molecule has 1 aromatic heterocycles. The van der Waals surface area contributed by atoms with Gasteiger partial charge in [-0.1, -0.05) is 35.9 Å². The Labute approximate surface area is 210 Å². The van der Waals surface area contributed by atoms with Crippen molar-refractivity contribution in [3.05, 3.63) is 65.7 Å². The number of piperidine rings is 1. The van der Waals surface area contributed by atoms with Gasteiger partial charge in [-0.3, -0.25) is 9.59 Å². The lowest BCUT2D eigenvalue weighted by atomic mass is 10.00. The van der Waals surface area contributed by atoms with Gasteiger partial charge in [0.25, 0.3) is 0 Å². The quantitative estimate of drug-likeness (QED) is 0.484. The average Bonchev–Trinajstić information content (AvgIpc) is 3.23. The number of halogens is 4. The first-order valence-electron chi connectivity index (χ1n) is 11.3. The predicted octanol–water partition coefficient (Wildman–Crippen LogP) is 5.20. The third kappa shape index (κ3) is 5.99. The molecule has 0 aliphatic carbocycles. The van der Waals surface area contributed by atoms with Crippen LogP contribution >= 0.6 is 11.6 Å². The molecule has 0 saturated carbocycles. The lowest BCUT2D eigenvalue weighted by Crippen LogP contribution is -2.50. The number of ether oxygens (including phenoxy) is 1. The number of rotatable bonds is 6. The van der Waals surface area contributed by atoms with Crippen molar-refractivity contribution in [1.29, 1.82) is 0 Å². The lowest BCUT2D eigenvalue weighted by molar-refractivity contribution is -0.274. The van der Waals surface area contributed by atoms with Crippen LogP contribution in [0.25, 0.3) is 11.1 Å². The standard InChI is InChI=1S/C25H24ClF3N4O3/c1-32-13-11-30-22(32)15-23(34)33-12-5-4-7-20(33)24(35)31-16-9-10-17(19(26)14-16)18-6-2-3-8-21(18)36-25(27,28)29/h2-3,6,8-11,13-14,20H,4-5,7,12,15H2,1H3,(H,31,35). The Morgan fingerprint density at radius 1 is 1.17 bits per heavy atom. The van der Waals surface area contributed by atoms with E-state index in [9.17, 15) is 22.8 Å². The molecule has 11 heteroatoms. The largest absolute Gasteiger partial charge is 0.573 e. The molecular formula is C25H24ClF3N4O3. The highest BCUT2D eigenvalue weighted by molar-refractivity contribution is 6.33. The maximum Gasteiger partial charge on any atom is 0.573 e. The number of aromatic nitrogens is 2. The molecule has 2 amide bonds. The molecule has 1 N–H and O–H groups in total. The number of nitrogens with one attached hydrogen (secondary N) is 1. The minimum atomic E-state index is -4.85. The molecule has 1 aliphatic rings. The fourth-order valence-electron chi connectivity index (χ4n) is 4.25. The summed E-state index contributed by atoms with van der Waals surface area (Å²) in [7, 11) is 1.80. The van der Waals surface area contributed by atoms with Gasteiger partial charge in [-0.2, -0.15) is 0 Å². The van der Waals surface area contributed by atoms with E-state index in [0.717, 1.165) is 12.8 Å². The molecule has 1 fully saturated rings. The third-order valence-electron chi connectivity index (χ3n) is 6.00. The highest BCUT2D eigenvalue weighted by Gasteiger charge is 2.33. The maximum absolute atomic E-state index is 13.1. The highest BCUT2D eigenvalue weighted by atomic mass is 35.5. The van der Waals surface area contributed by atoms with Crippen molar-refractivity contribution in [2.45, 2.75) is 38.1 Å². The van der Waals surface area contributed by atoms with Gasteiger partial charge in [-0.15, -0.1) is 13.2 Å². The molecule has 1 aliphatic heterocycles. The molecule has 0 radical (unpaired) electrons. The topological polar surface area (TPSA) is 76.5 Å². The van der Waals surface area contributed by atoms with Gasteiger partial charge in [0, 0.05) is 42.8 Å². The van der Waals surface area contributed by atoms with Gasteiger partial charge >= 0.3 is 6.36 Å². The average molecular weight is 521 g/mol. The molecule has 190 valence electrons. The first-order chi connectivity index (χ1) is 17.1. The van der Waals surface area contributed by atoms with Crippen molar-refractivity contribution in [1.82, 2.24) is 14.5 Å². The zero-order valence-electron chi connectivity index (χ0n) is 19.4. The Morgan fingerprint density at radius 3 is 2.64 bits per heavy atom. The van der Waals surface area contributed by atoms with Gasteiger partial charge in [-0.25, -0.2) is 4.98 Å². The second-order valence-corrected chi connectivity index (χ2v) is 8.86. The number of aryl methyl sites for hydroxylation is 1. The molecule has 4 rings (SSSR count). The second-order valence-electron chi connectivity index (χ2n) is 8.46. The summed E-state index contributed by atoms with van der Waals surface area (Å²) in [6.45, 7) is 0.469. The van der Waals surface area contributed by atoms with Crippen LogP contribution in [0.1, 0.15) is 25.1 Å². The van der Waals surface area contributed by atoms with E-state index < -0.39 is 12.4 Å². The number of carbonyl (C=O) groups is 2. The SMILES string of the molecule is Cn1ccnc1CC(=O)N1CCCCC1C(=O)Nc1ccc(-c2ccccc2OC(F)(F)F)c(Cl)c1. The molecule has 2 heterocycles. The number of benzene rings is 2. The minimum absolute atomic E-state index is 0.0905. The molecule has 1 unspecified atom stereocenters. The number of amides is 2. The Morgan fingerprint density at radius 2 is 1.94 bits per heavy atom. The van der Waals surface area contributed by atoms with Crippen LogP contribution in [0.2, 0.25) is 5.02 Å². The smallest absolute Gasteiger partial charge is 0.405 e. The number of hydrogen-bond donors (Lipinski definition) is 1. The van der Waals surface area contributed by atoms with Crippen molar-refractivity contribution in [3.8, 4) is 16.9 Å². The van der Waals surface area contributed by atoms with E-state index in [1.807, 2.05) is 0 Å². The van der Waals surface area contributed by atoms with Crippen molar-refractivity contribution >= 4 is 29.1 Å². The molecule has 1 atom stereocenters. The summed E-state index contributed by atoms with van der Waals surface area (Å²) in [5.41, 5.74) is 0.847. The first-order valence-corrected chi connectivity index (χ1v) is 11.7. The Hall–Kier alpha value is -3.53.